The van der Waals surface area contributed by atoms with Gasteiger partial charge >= 0.3 is 11.9 Å². The number of pyridine rings is 1. The van der Waals surface area contributed by atoms with Crippen LogP contribution in [0.15, 0.2) is 47.5 Å². The van der Waals surface area contributed by atoms with Crippen molar-refractivity contribution in [3.8, 4) is 17.1 Å². The Bertz CT molecular complexity index is 1110. The average Bonchev–Trinajstić information content (AvgIpc) is 3.02. The van der Waals surface area contributed by atoms with E-state index in [0.717, 1.165) is 33.5 Å². The van der Waals surface area contributed by atoms with Crippen LogP contribution in [0.4, 0.5) is 13.2 Å². The molecule has 0 fully saturated rings. The van der Waals surface area contributed by atoms with Gasteiger partial charge in [0.15, 0.2) is 5.82 Å². The van der Waals surface area contributed by atoms with E-state index in [9.17, 15) is 22.8 Å². The van der Waals surface area contributed by atoms with Crippen LogP contribution in [0, 0.1) is 0 Å². The van der Waals surface area contributed by atoms with E-state index >= 15 is 0 Å². The number of carbonyl (C=O) groups is 1. The SMILES string of the molecule is O=C(Cn1nc(-c2ccncc2Cl)n(-c2ccc(C(F)(F)F)cc2)c1=O)NCCO. The second kappa shape index (κ2) is 8.67. The van der Waals surface area contributed by atoms with E-state index in [0.29, 0.717) is 5.56 Å². The van der Waals surface area contributed by atoms with Crippen molar-refractivity contribution < 1.29 is 23.1 Å². The average molecular weight is 442 g/mol. The van der Waals surface area contributed by atoms with Gasteiger partial charge in [-0.25, -0.2) is 14.0 Å². The quantitative estimate of drug-likeness (QED) is 0.608. The zero-order valence-electron chi connectivity index (χ0n) is 15.2. The van der Waals surface area contributed by atoms with Crippen molar-refractivity contribution in [1.29, 1.82) is 0 Å². The maximum Gasteiger partial charge on any atom is 0.416 e. The summed E-state index contributed by atoms with van der Waals surface area (Å²) in [5.41, 5.74) is -1.22. The highest BCUT2D eigenvalue weighted by Crippen LogP contribution is 2.31. The van der Waals surface area contributed by atoms with Gasteiger partial charge in [-0.2, -0.15) is 13.2 Å². The molecule has 12 heteroatoms. The molecule has 3 aromatic rings. The molecule has 0 saturated heterocycles. The van der Waals surface area contributed by atoms with Crippen LogP contribution in [-0.2, 0) is 17.5 Å². The van der Waals surface area contributed by atoms with Crippen LogP contribution >= 0.6 is 11.6 Å². The third-order valence-electron chi connectivity index (χ3n) is 4.03. The molecule has 2 aromatic heterocycles. The minimum absolute atomic E-state index is 0.00373. The Morgan fingerprint density at radius 2 is 1.90 bits per heavy atom. The third-order valence-corrected chi connectivity index (χ3v) is 4.33. The lowest BCUT2D eigenvalue weighted by Crippen LogP contribution is -2.34. The fourth-order valence-corrected chi connectivity index (χ4v) is 2.87. The number of aromatic nitrogens is 4. The van der Waals surface area contributed by atoms with Crippen molar-refractivity contribution in [3.63, 3.8) is 0 Å². The van der Waals surface area contributed by atoms with Gasteiger partial charge < -0.3 is 10.4 Å². The summed E-state index contributed by atoms with van der Waals surface area (Å²) in [6.45, 7) is -0.739. The van der Waals surface area contributed by atoms with E-state index in [4.69, 9.17) is 16.7 Å². The van der Waals surface area contributed by atoms with Gasteiger partial charge in [0.25, 0.3) is 0 Å². The lowest BCUT2D eigenvalue weighted by atomic mass is 10.2. The van der Waals surface area contributed by atoms with Crippen LogP contribution in [0.1, 0.15) is 5.56 Å². The van der Waals surface area contributed by atoms with Gasteiger partial charge in [-0.1, -0.05) is 11.6 Å². The maximum atomic E-state index is 12.9. The molecule has 0 bridgehead atoms. The van der Waals surface area contributed by atoms with Crippen molar-refractivity contribution >= 4 is 17.5 Å². The number of nitrogens with zero attached hydrogens (tertiary/aromatic N) is 4. The van der Waals surface area contributed by atoms with E-state index in [1.807, 2.05) is 0 Å². The number of nitrogens with one attached hydrogen (secondary N) is 1. The summed E-state index contributed by atoms with van der Waals surface area (Å²) in [6, 6.07) is 5.41. The lowest BCUT2D eigenvalue weighted by molar-refractivity contribution is -0.137. The predicted octanol–water partition coefficient (Wildman–Crippen LogP) is 1.88. The van der Waals surface area contributed by atoms with E-state index in [1.165, 1.54) is 18.5 Å². The van der Waals surface area contributed by atoms with Crippen LogP contribution in [0.25, 0.3) is 17.1 Å². The van der Waals surface area contributed by atoms with Crippen molar-refractivity contribution in [3.05, 3.63) is 63.8 Å². The number of hydrogen-bond donors (Lipinski definition) is 2. The standard InChI is InChI=1S/C18H15ClF3N5O3/c19-14-9-23-6-5-13(14)16-25-26(10-15(29)24-7-8-28)17(30)27(16)12-3-1-11(2-4-12)18(20,21)22/h1-6,9,28H,7-8,10H2,(H,24,29). The van der Waals surface area contributed by atoms with Gasteiger partial charge in [0.2, 0.25) is 5.91 Å². The van der Waals surface area contributed by atoms with E-state index < -0.39 is 29.9 Å². The number of halogens is 4. The summed E-state index contributed by atoms with van der Waals surface area (Å²) in [4.78, 5) is 28.7. The Morgan fingerprint density at radius 1 is 1.20 bits per heavy atom. The molecule has 0 aliphatic heterocycles. The Hall–Kier alpha value is -3.18. The Morgan fingerprint density at radius 3 is 2.50 bits per heavy atom. The Kier molecular flexibility index (Phi) is 6.22. The first kappa shape index (κ1) is 21.5. The number of rotatable bonds is 6. The highest BCUT2D eigenvalue weighted by atomic mass is 35.5. The molecule has 1 amide bonds. The van der Waals surface area contributed by atoms with Crippen molar-refractivity contribution in [2.75, 3.05) is 13.2 Å². The topological polar surface area (TPSA) is 102 Å². The van der Waals surface area contributed by atoms with Crippen LogP contribution in [0.3, 0.4) is 0 Å². The molecular weight excluding hydrogens is 427 g/mol. The molecule has 1 aromatic carbocycles. The smallest absolute Gasteiger partial charge is 0.395 e. The first-order valence-electron chi connectivity index (χ1n) is 8.57. The van der Waals surface area contributed by atoms with Gasteiger partial charge in [0.05, 0.1) is 22.9 Å². The maximum absolute atomic E-state index is 12.9. The minimum atomic E-state index is -4.53. The zero-order chi connectivity index (χ0) is 21.9. The predicted molar refractivity (Wildman–Crippen MR) is 101 cm³/mol. The fraction of sp³-hybridized carbons (Fsp3) is 0.222. The Labute approximate surface area is 172 Å². The molecule has 158 valence electrons. The summed E-state index contributed by atoms with van der Waals surface area (Å²) < 4.78 is 40.5. The van der Waals surface area contributed by atoms with E-state index in [-0.39, 0.29) is 29.7 Å². The molecule has 0 atom stereocenters. The third kappa shape index (κ3) is 4.52. The number of aliphatic hydroxyl groups excluding tert-OH is 1. The number of aliphatic hydroxyl groups is 1. The van der Waals surface area contributed by atoms with Gasteiger partial charge in [-0.05, 0) is 30.3 Å². The van der Waals surface area contributed by atoms with Crippen LogP contribution < -0.4 is 11.0 Å². The second-order valence-electron chi connectivity index (χ2n) is 6.07. The van der Waals surface area contributed by atoms with Crippen LogP contribution in [-0.4, -0.2) is 43.5 Å². The van der Waals surface area contributed by atoms with Crippen LogP contribution in [0.5, 0.6) is 0 Å². The molecule has 2 N–H and O–H groups in total. The molecule has 0 spiro atoms. The van der Waals surface area contributed by atoms with Gasteiger partial charge in [-0.15, -0.1) is 5.10 Å². The molecule has 0 radical (unpaired) electrons. The van der Waals surface area contributed by atoms with Crippen molar-refractivity contribution in [1.82, 2.24) is 24.6 Å². The largest absolute Gasteiger partial charge is 0.416 e. The normalized spacial score (nSPS) is 11.5. The first-order chi connectivity index (χ1) is 14.2. The fourth-order valence-electron chi connectivity index (χ4n) is 2.66. The summed E-state index contributed by atoms with van der Waals surface area (Å²) in [7, 11) is 0. The molecule has 2 heterocycles. The highest BCUT2D eigenvalue weighted by Gasteiger charge is 2.30. The molecule has 0 unspecified atom stereocenters. The molecule has 0 saturated carbocycles. The number of benzene rings is 1. The lowest BCUT2D eigenvalue weighted by Gasteiger charge is -2.09. The van der Waals surface area contributed by atoms with Crippen LogP contribution in [0.2, 0.25) is 5.02 Å². The number of amides is 1. The second-order valence-corrected chi connectivity index (χ2v) is 6.48. The van der Waals surface area contributed by atoms with Crippen molar-refractivity contribution in [2.24, 2.45) is 0 Å². The molecule has 3 rings (SSSR count). The molecular formula is C18H15ClF3N5O3. The number of carbonyl (C=O) groups excluding carboxylic acids is 1. The van der Waals surface area contributed by atoms with E-state index in [2.05, 4.69) is 15.4 Å². The van der Waals surface area contributed by atoms with Gasteiger partial charge in [-0.3, -0.25) is 9.78 Å². The summed E-state index contributed by atoms with van der Waals surface area (Å²) in [5, 5.41) is 15.5. The first-order valence-corrected chi connectivity index (χ1v) is 8.95. The summed E-state index contributed by atoms with van der Waals surface area (Å²) in [5.74, 6) is -0.544. The van der Waals surface area contributed by atoms with Gasteiger partial charge in [0.1, 0.15) is 6.54 Å². The van der Waals surface area contributed by atoms with Crippen molar-refractivity contribution in [2.45, 2.75) is 12.7 Å². The van der Waals surface area contributed by atoms with Gasteiger partial charge in [0, 0.05) is 24.5 Å². The summed E-state index contributed by atoms with van der Waals surface area (Å²) >= 11 is 6.16. The minimum Gasteiger partial charge on any atom is -0.395 e. The number of alkyl halides is 3. The molecule has 30 heavy (non-hydrogen) atoms. The van der Waals surface area contributed by atoms with E-state index in [1.54, 1.807) is 0 Å². The zero-order valence-corrected chi connectivity index (χ0v) is 16.0. The number of hydrogen-bond acceptors (Lipinski definition) is 5. The molecule has 0 aliphatic rings. The Balaban J connectivity index is 2.11. The highest BCUT2D eigenvalue weighted by molar-refractivity contribution is 6.33. The molecule has 8 nitrogen and oxygen atoms in total. The summed E-state index contributed by atoms with van der Waals surface area (Å²) in [6.07, 6.45) is -1.79. The molecule has 0 aliphatic carbocycles. The monoisotopic (exact) mass is 441 g/mol.